The standard InChI is InChI=1S/C13H15ClN4/c14-12-9-1-3-13(4-7-15-8-5-13)11(9)17-10-2-6-16-18(10)12/h2,6,15H,1,3-5,7-8H2. The molecule has 4 rings (SSSR count). The Morgan fingerprint density at radius 2 is 2.11 bits per heavy atom. The number of nitrogens with zero attached hydrogens (tertiary/aromatic N) is 3. The van der Waals surface area contributed by atoms with Gasteiger partial charge in [0.25, 0.3) is 0 Å². The summed E-state index contributed by atoms with van der Waals surface area (Å²) in [6, 6.07) is 1.93. The minimum absolute atomic E-state index is 0.260. The van der Waals surface area contributed by atoms with Gasteiger partial charge in [-0.15, -0.1) is 0 Å². The Labute approximate surface area is 110 Å². The monoisotopic (exact) mass is 262 g/mol. The van der Waals surface area contributed by atoms with Gasteiger partial charge in [-0.2, -0.15) is 5.10 Å². The van der Waals surface area contributed by atoms with Crippen molar-refractivity contribution in [3.63, 3.8) is 0 Å². The molecule has 0 aromatic carbocycles. The van der Waals surface area contributed by atoms with Gasteiger partial charge < -0.3 is 5.32 Å². The van der Waals surface area contributed by atoms with Crippen molar-refractivity contribution in [2.45, 2.75) is 31.1 Å². The van der Waals surface area contributed by atoms with Crippen LogP contribution in [0, 0.1) is 0 Å². The van der Waals surface area contributed by atoms with Gasteiger partial charge in [0.2, 0.25) is 0 Å². The molecule has 1 aliphatic carbocycles. The first-order valence-corrected chi connectivity index (χ1v) is 6.91. The molecule has 0 bridgehead atoms. The van der Waals surface area contributed by atoms with E-state index < -0.39 is 0 Å². The number of aromatic nitrogens is 3. The highest BCUT2D eigenvalue weighted by molar-refractivity contribution is 6.30. The number of nitrogens with one attached hydrogen (secondary N) is 1. The van der Waals surface area contributed by atoms with Crippen LogP contribution in [0.25, 0.3) is 5.65 Å². The van der Waals surface area contributed by atoms with Gasteiger partial charge in [0.1, 0.15) is 5.15 Å². The quantitative estimate of drug-likeness (QED) is 0.738. The van der Waals surface area contributed by atoms with E-state index in [1.54, 1.807) is 10.7 Å². The first-order valence-electron chi connectivity index (χ1n) is 6.53. The molecule has 1 fully saturated rings. The number of rotatable bonds is 0. The van der Waals surface area contributed by atoms with E-state index in [9.17, 15) is 0 Å². The van der Waals surface area contributed by atoms with Crippen molar-refractivity contribution in [1.29, 1.82) is 0 Å². The Bertz CT molecular complexity index is 613. The van der Waals surface area contributed by atoms with Crippen LogP contribution in [0.1, 0.15) is 30.5 Å². The van der Waals surface area contributed by atoms with E-state index in [1.807, 2.05) is 6.07 Å². The zero-order chi connectivity index (χ0) is 12.2. The smallest absolute Gasteiger partial charge is 0.156 e. The van der Waals surface area contributed by atoms with Gasteiger partial charge in [0, 0.05) is 17.0 Å². The van der Waals surface area contributed by atoms with Crippen LogP contribution in [0.4, 0.5) is 0 Å². The summed E-state index contributed by atoms with van der Waals surface area (Å²) in [5.74, 6) is 0. The zero-order valence-corrected chi connectivity index (χ0v) is 10.9. The van der Waals surface area contributed by atoms with Gasteiger partial charge in [0.05, 0.1) is 11.9 Å². The van der Waals surface area contributed by atoms with E-state index in [2.05, 4.69) is 10.4 Å². The maximum atomic E-state index is 6.48. The summed E-state index contributed by atoms with van der Waals surface area (Å²) < 4.78 is 1.75. The molecule has 94 valence electrons. The van der Waals surface area contributed by atoms with Crippen LogP contribution in [0.2, 0.25) is 5.15 Å². The van der Waals surface area contributed by atoms with E-state index in [-0.39, 0.29) is 5.41 Å². The molecule has 18 heavy (non-hydrogen) atoms. The van der Waals surface area contributed by atoms with E-state index in [0.717, 1.165) is 30.3 Å². The van der Waals surface area contributed by atoms with Crippen molar-refractivity contribution in [2.75, 3.05) is 13.1 Å². The highest BCUT2D eigenvalue weighted by atomic mass is 35.5. The number of hydrogen-bond donors (Lipinski definition) is 1. The third-order valence-corrected chi connectivity index (χ3v) is 4.87. The number of halogens is 1. The van der Waals surface area contributed by atoms with Gasteiger partial charge in [-0.3, -0.25) is 0 Å². The van der Waals surface area contributed by atoms with Crippen molar-refractivity contribution < 1.29 is 0 Å². The molecule has 0 saturated carbocycles. The van der Waals surface area contributed by atoms with Gasteiger partial charge in [-0.1, -0.05) is 11.6 Å². The maximum Gasteiger partial charge on any atom is 0.156 e. The lowest BCUT2D eigenvalue weighted by Gasteiger charge is -2.33. The van der Waals surface area contributed by atoms with Crippen molar-refractivity contribution in [3.8, 4) is 0 Å². The molecule has 3 heterocycles. The summed E-state index contributed by atoms with van der Waals surface area (Å²) in [6.45, 7) is 2.17. The molecule has 0 radical (unpaired) electrons. The maximum absolute atomic E-state index is 6.48. The summed E-state index contributed by atoms with van der Waals surface area (Å²) in [5, 5.41) is 8.43. The number of fused-ring (bicyclic) bond motifs is 3. The average molecular weight is 263 g/mol. The van der Waals surface area contributed by atoms with Crippen molar-refractivity contribution in [1.82, 2.24) is 19.9 Å². The Balaban J connectivity index is 1.95. The van der Waals surface area contributed by atoms with Crippen LogP contribution in [-0.4, -0.2) is 27.7 Å². The molecule has 2 aromatic heterocycles. The molecule has 1 N–H and O–H groups in total. The second-order valence-electron chi connectivity index (χ2n) is 5.36. The molecule has 0 atom stereocenters. The van der Waals surface area contributed by atoms with Crippen LogP contribution in [0.15, 0.2) is 12.3 Å². The van der Waals surface area contributed by atoms with Gasteiger partial charge in [-0.25, -0.2) is 9.50 Å². The summed E-state index contributed by atoms with van der Waals surface area (Å²) in [6.07, 6.45) is 6.33. The lowest BCUT2D eigenvalue weighted by molar-refractivity contribution is 0.301. The Hall–Kier alpha value is -1.13. The van der Waals surface area contributed by atoms with Crippen LogP contribution < -0.4 is 5.32 Å². The molecule has 2 aliphatic rings. The molecule has 1 spiro atoms. The topological polar surface area (TPSA) is 42.2 Å². The molecule has 0 amide bonds. The minimum atomic E-state index is 0.260. The molecular formula is C13H15ClN4. The predicted octanol–water partition coefficient (Wildman–Crippen LogP) is 1.95. The zero-order valence-electron chi connectivity index (χ0n) is 10.1. The van der Waals surface area contributed by atoms with Crippen molar-refractivity contribution >= 4 is 17.2 Å². The van der Waals surface area contributed by atoms with Crippen LogP contribution >= 0.6 is 11.6 Å². The van der Waals surface area contributed by atoms with Crippen molar-refractivity contribution in [3.05, 3.63) is 28.7 Å². The summed E-state index contributed by atoms with van der Waals surface area (Å²) in [7, 11) is 0. The van der Waals surface area contributed by atoms with Gasteiger partial charge >= 0.3 is 0 Å². The molecule has 2 aromatic rings. The Morgan fingerprint density at radius 3 is 2.94 bits per heavy atom. The molecule has 5 heteroatoms. The predicted molar refractivity (Wildman–Crippen MR) is 70.1 cm³/mol. The highest BCUT2D eigenvalue weighted by Gasteiger charge is 2.42. The number of hydrogen-bond acceptors (Lipinski definition) is 3. The first-order chi connectivity index (χ1) is 8.80. The third kappa shape index (κ3) is 1.30. The summed E-state index contributed by atoms with van der Waals surface area (Å²) in [5.41, 5.74) is 3.59. The second-order valence-corrected chi connectivity index (χ2v) is 5.72. The van der Waals surface area contributed by atoms with E-state index in [1.165, 1.54) is 30.5 Å². The molecule has 4 nitrogen and oxygen atoms in total. The Kier molecular flexibility index (Phi) is 2.20. The fraction of sp³-hybridized carbons (Fsp3) is 0.538. The van der Waals surface area contributed by atoms with E-state index in [4.69, 9.17) is 16.6 Å². The van der Waals surface area contributed by atoms with E-state index in [0.29, 0.717) is 0 Å². The molecule has 0 unspecified atom stereocenters. The summed E-state index contributed by atoms with van der Waals surface area (Å²) >= 11 is 6.48. The fourth-order valence-electron chi connectivity index (χ4n) is 3.47. The van der Waals surface area contributed by atoms with E-state index >= 15 is 0 Å². The molecular weight excluding hydrogens is 248 g/mol. The lowest BCUT2D eigenvalue weighted by Crippen LogP contribution is -2.38. The second kappa shape index (κ2) is 3.68. The first kappa shape index (κ1) is 10.8. The molecule has 1 aliphatic heterocycles. The highest BCUT2D eigenvalue weighted by Crippen LogP contribution is 2.46. The SMILES string of the molecule is Clc1c2c(nc3ccnn13)C1(CCNCC1)CC2. The lowest BCUT2D eigenvalue weighted by atomic mass is 9.77. The van der Waals surface area contributed by atoms with Crippen LogP contribution in [-0.2, 0) is 11.8 Å². The molecule has 1 saturated heterocycles. The van der Waals surface area contributed by atoms with Gasteiger partial charge in [0.15, 0.2) is 5.65 Å². The fourth-order valence-corrected chi connectivity index (χ4v) is 3.79. The van der Waals surface area contributed by atoms with Crippen molar-refractivity contribution in [2.24, 2.45) is 0 Å². The summed E-state index contributed by atoms with van der Waals surface area (Å²) in [4.78, 5) is 4.84. The van der Waals surface area contributed by atoms with Crippen LogP contribution in [0.5, 0.6) is 0 Å². The average Bonchev–Trinajstić information content (AvgIpc) is 2.98. The minimum Gasteiger partial charge on any atom is -0.317 e. The van der Waals surface area contributed by atoms with Gasteiger partial charge in [-0.05, 0) is 38.8 Å². The normalized spacial score (nSPS) is 21.6. The largest absolute Gasteiger partial charge is 0.317 e. The number of piperidine rings is 1. The van der Waals surface area contributed by atoms with Crippen LogP contribution in [0.3, 0.4) is 0 Å². The third-order valence-electron chi connectivity index (χ3n) is 4.49. The Morgan fingerprint density at radius 1 is 1.28 bits per heavy atom.